The number of imidazole rings is 1. The molecule has 0 saturated heterocycles. The highest BCUT2D eigenvalue weighted by Gasteiger charge is 2.45. The summed E-state index contributed by atoms with van der Waals surface area (Å²) < 4.78 is 57.6. The van der Waals surface area contributed by atoms with E-state index in [1.165, 1.54) is 18.7 Å². The van der Waals surface area contributed by atoms with Crippen LogP contribution in [-0.4, -0.2) is 54.8 Å². The summed E-state index contributed by atoms with van der Waals surface area (Å²) in [6, 6.07) is 1.73. The van der Waals surface area contributed by atoms with E-state index in [0.29, 0.717) is 4.31 Å². The van der Waals surface area contributed by atoms with Crippen LogP contribution < -0.4 is 9.21 Å². The summed E-state index contributed by atoms with van der Waals surface area (Å²) in [6.07, 6.45) is 2.23. The molecular formula is C17H21Cl2F2N5O4S. The Morgan fingerprint density at radius 1 is 1.19 bits per heavy atom. The SMILES string of the molecule is CN(c1cc(F)c(N(CCCl)CCCl)c(F)c1)S(=O)(=O)C(C)(C)n1ccnc1[N+](=O)[O-]. The third-order valence-electron chi connectivity index (χ3n) is 4.75. The van der Waals surface area contributed by atoms with Crippen LogP contribution in [0.25, 0.3) is 0 Å². The minimum Gasteiger partial charge on any atom is -0.390 e. The normalized spacial score (nSPS) is 12.1. The second-order valence-electron chi connectivity index (χ2n) is 6.90. The lowest BCUT2D eigenvalue weighted by Gasteiger charge is -2.31. The topological polar surface area (TPSA) is 102 Å². The smallest absolute Gasteiger partial charge is 0.390 e. The van der Waals surface area contributed by atoms with Crippen LogP contribution in [0.4, 0.5) is 26.1 Å². The second kappa shape index (κ2) is 9.53. The number of nitrogens with zero attached hydrogens (tertiary/aromatic N) is 5. The Bertz CT molecular complexity index is 1040. The standard InChI is InChI=1S/C17H21Cl2F2N5O4S/c1-17(2,25-9-6-22-16(25)26(27)28)31(29,30)23(3)12-10-13(20)15(14(21)11-12)24(7-4-18)8-5-19/h6,9-11H,4-5,7-8H2,1-3H3. The Morgan fingerprint density at radius 3 is 2.16 bits per heavy atom. The number of anilines is 2. The number of halogens is 4. The van der Waals surface area contributed by atoms with Gasteiger partial charge in [-0.05, 0) is 18.8 Å². The van der Waals surface area contributed by atoms with Crippen molar-refractivity contribution in [2.75, 3.05) is 41.1 Å². The fraction of sp³-hybridized carbons (Fsp3) is 0.471. The minimum absolute atomic E-state index is 0.101. The van der Waals surface area contributed by atoms with Gasteiger partial charge in [-0.15, -0.1) is 23.2 Å². The van der Waals surface area contributed by atoms with Crippen molar-refractivity contribution in [3.63, 3.8) is 0 Å². The van der Waals surface area contributed by atoms with Crippen molar-refractivity contribution in [3.05, 3.63) is 46.3 Å². The summed E-state index contributed by atoms with van der Waals surface area (Å²) in [5.74, 6) is -2.49. The number of nitro groups is 1. The molecule has 9 nitrogen and oxygen atoms in total. The molecular weight excluding hydrogens is 479 g/mol. The van der Waals surface area contributed by atoms with E-state index in [1.54, 1.807) is 0 Å². The molecule has 0 aliphatic carbocycles. The highest BCUT2D eigenvalue weighted by molar-refractivity contribution is 7.93. The summed E-state index contributed by atoms with van der Waals surface area (Å²) in [6.45, 7) is 2.70. The summed E-state index contributed by atoms with van der Waals surface area (Å²) in [7, 11) is -3.29. The van der Waals surface area contributed by atoms with Crippen LogP contribution in [0.15, 0.2) is 24.5 Å². The molecule has 0 N–H and O–H groups in total. The lowest BCUT2D eigenvalue weighted by atomic mass is 10.2. The largest absolute Gasteiger partial charge is 0.435 e. The van der Waals surface area contributed by atoms with E-state index in [9.17, 15) is 27.3 Å². The van der Waals surface area contributed by atoms with Crippen LogP contribution in [0.1, 0.15) is 13.8 Å². The first kappa shape index (κ1) is 25.1. The predicted molar refractivity (Wildman–Crippen MR) is 116 cm³/mol. The summed E-state index contributed by atoms with van der Waals surface area (Å²) in [4.78, 5) is 13.3. The van der Waals surface area contributed by atoms with E-state index in [2.05, 4.69) is 4.98 Å². The van der Waals surface area contributed by atoms with Crippen molar-refractivity contribution < 1.29 is 22.1 Å². The van der Waals surface area contributed by atoms with Gasteiger partial charge in [-0.3, -0.25) is 4.31 Å². The maximum absolute atomic E-state index is 14.8. The molecule has 1 heterocycles. The van der Waals surface area contributed by atoms with Gasteiger partial charge in [0.1, 0.15) is 18.1 Å². The number of sulfonamides is 1. The first-order chi connectivity index (χ1) is 14.4. The zero-order chi connectivity index (χ0) is 23.6. The maximum Gasteiger partial charge on any atom is 0.435 e. The van der Waals surface area contributed by atoms with E-state index < -0.39 is 37.4 Å². The van der Waals surface area contributed by atoms with Gasteiger partial charge in [0.2, 0.25) is 4.87 Å². The van der Waals surface area contributed by atoms with Crippen LogP contribution in [-0.2, 0) is 14.9 Å². The van der Waals surface area contributed by atoms with Crippen LogP contribution in [0.5, 0.6) is 0 Å². The summed E-state index contributed by atoms with van der Waals surface area (Å²) >= 11 is 11.4. The van der Waals surface area contributed by atoms with Gasteiger partial charge in [0, 0.05) is 44.0 Å². The first-order valence-electron chi connectivity index (χ1n) is 8.92. The molecule has 0 aliphatic heterocycles. The molecule has 31 heavy (non-hydrogen) atoms. The van der Waals surface area contributed by atoms with Gasteiger partial charge in [0.25, 0.3) is 10.0 Å². The van der Waals surface area contributed by atoms with Crippen molar-refractivity contribution in [1.82, 2.24) is 9.55 Å². The van der Waals surface area contributed by atoms with Crippen molar-refractivity contribution in [2.24, 2.45) is 0 Å². The highest BCUT2D eigenvalue weighted by Crippen LogP contribution is 2.35. The number of hydrogen-bond acceptors (Lipinski definition) is 6. The Balaban J connectivity index is 2.51. The number of hydrogen-bond donors (Lipinski definition) is 0. The average Bonchev–Trinajstić information content (AvgIpc) is 3.18. The van der Waals surface area contributed by atoms with E-state index >= 15 is 0 Å². The van der Waals surface area contributed by atoms with Gasteiger partial charge in [0.05, 0.1) is 5.69 Å². The van der Waals surface area contributed by atoms with Gasteiger partial charge in [-0.1, -0.05) is 4.98 Å². The van der Waals surface area contributed by atoms with E-state index in [-0.39, 0.29) is 36.2 Å². The second-order valence-corrected chi connectivity index (χ2v) is 10.1. The Kier molecular flexibility index (Phi) is 7.71. The molecule has 0 atom stereocenters. The Hall–Kier alpha value is -2.18. The highest BCUT2D eigenvalue weighted by atomic mass is 35.5. The van der Waals surface area contributed by atoms with Crippen molar-refractivity contribution >= 4 is 50.5 Å². The number of alkyl halides is 2. The number of rotatable bonds is 10. The lowest BCUT2D eigenvalue weighted by Crippen LogP contribution is -2.45. The van der Waals surface area contributed by atoms with Crippen LogP contribution in [0, 0.1) is 21.7 Å². The Morgan fingerprint density at radius 2 is 1.71 bits per heavy atom. The van der Waals surface area contributed by atoms with Gasteiger partial charge in [0.15, 0.2) is 11.6 Å². The zero-order valence-corrected chi connectivity index (χ0v) is 19.3. The van der Waals surface area contributed by atoms with Crippen LogP contribution in [0.2, 0.25) is 0 Å². The van der Waals surface area contributed by atoms with Crippen molar-refractivity contribution in [2.45, 2.75) is 18.7 Å². The predicted octanol–water partition coefficient (Wildman–Crippen LogP) is 3.51. The van der Waals surface area contributed by atoms with E-state index in [4.69, 9.17) is 23.2 Å². The monoisotopic (exact) mass is 499 g/mol. The van der Waals surface area contributed by atoms with Gasteiger partial charge in [-0.2, -0.15) is 0 Å². The minimum atomic E-state index is -4.39. The quantitative estimate of drug-likeness (QED) is 0.281. The molecule has 14 heteroatoms. The fourth-order valence-electron chi connectivity index (χ4n) is 3.02. The number of benzene rings is 1. The van der Waals surface area contributed by atoms with Gasteiger partial charge in [-0.25, -0.2) is 21.8 Å². The van der Waals surface area contributed by atoms with Crippen molar-refractivity contribution in [3.8, 4) is 0 Å². The fourth-order valence-corrected chi connectivity index (χ4v) is 4.88. The molecule has 0 spiro atoms. The third-order valence-corrected chi connectivity index (χ3v) is 7.48. The molecule has 1 aromatic heterocycles. The van der Waals surface area contributed by atoms with Gasteiger partial charge >= 0.3 is 5.95 Å². The molecule has 0 radical (unpaired) electrons. The molecule has 0 unspecified atom stereocenters. The molecule has 2 aromatic rings. The number of aromatic nitrogens is 2. The molecule has 172 valence electrons. The zero-order valence-electron chi connectivity index (χ0n) is 16.9. The summed E-state index contributed by atoms with van der Waals surface area (Å²) in [5.41, 5.74) is -0.674. The van der Waals surface area contributed by atoms with Crippen LogP contribution in [0.3, 0.4) is 0 Å². The average molecular weight is 500 g/mol. The molecule has 0 saturated carbocycles. The summed E-state index contributed by atoms with van der Waals surface area (Å²) in [5, 5.41) is 11.2. The molecule has 0 amide bonds. The van der Waals surface area contributed by atoms with E-state index in [0.717, 1.165) is 36.1 Å². The molecule has 1 aromatic carbocycles. The molecule has 0 bridgehead atoms. The molecule has 2 rings (SSSR count). The van der Waals surface area contributed by atoms with Crippen molar-refractivity contribution in [1.29, 1.82) is 0 Å². The lowest BCUT2D eigenvalue weighted by molar-refractivity contribution is -0.397. The van der Waals surface area contributed by atoms with Crippen LogP contribution >= 0.6 is 23.2 Å². The Labute approximate surface area is 188 Å². The molecule has 0 fully saturated rings. The van der Waals surface area contributed by atoms with Gasteiger partial charge < -0.3 is 15.0 Å². The van der Waals surface area contributed by atoms with E-state index in [1.807, 2.05) is 0 Å². The molecule has 0 aliphatic rings. The first-order valence-corrected chi connectivity index (χ1v) is 11.4. The third kappa shape index (κ3) is 4.70. The maximum atomic E-state index is 14.8.